The number of hydrogen-bond donors (Lipinski definition) is 2. The van der Waals surface area contributed by atoms with Gasteiger partial charge in [-0.15, -0.1) is 0 Å². The summed E-state index contributed by atoms with van der Waals surface area (Å²) in [6.07, 6.45) is 5.57. The maximum Gasteiger partial charge on any atom is 0.356 e. The number of fused-ring (bicyclic) bond motifs is 1. The van der Waals surface area contributed by atoms with Crippen molar-refractivity contribution < 1.29 is 19.8 Å². The van der Waals surface area contributed by atoms with E-state index in [1.54, 1.807) is 0 Å². The topological polar surface area (TPSA) is 92.4 Å². The Morgan fingerprint density at radius 3 is 2.40 bits per heavy atom. The van der Waals surface area contributed by atoms with Crippen molar-refractivity contribution in [2.45, 2.75) is 56.9 Å². The van der Waals surface area contributed by atoms with Crippen LogP contribution in [0.2, 0.25) is 0 Å². The fraction of sp³-hybridized carbons (Fsp3) is 0.643. The summed E-state index contributed by atoms with van der Waals surface area (Å²) in [6, 6.07) is 0. The molecular weight excluding hydrogens is 260 g/mol. The number of aromatic nitrogens is 2. The summed E-state index contributed by atoms with van der Waals surface area (Å²) in [6.45, 7) is 0.686. The van der Waals surface area contributed by atoms with Crippen molar-refractivity contribution in [2.24, 2.45) is 0 Å². The lowest BCUT2D eigenvalue weighted by Crippen LogP contribution is -2.24. The lowest BCUT2D eigenvalue weighted by molar-refractivity contribution is -0.139. The number of hydrogen-bond acceptors (Lipinski definition) is 3. The van der Waals surface area contributed by atoms with Crippen LogP contribution in [0.3, 0.4) is 0 Å². The molecule has 1 aromatic rings. The van der Waals surface area contributed by atoms with Crippen LogP contribution in [0, 0.1) is 0 Å². The van der Waals surface area contributed by atoms with Crippen molar-refractivity contribution in [3.05, 3.63) is 17.2 Å². The van der Waals surface area contributed by atoms with E-state index in [1.165, 1.54) is 0 Å². The molecule has 0 bridgehead atoms. The molecule has 2 heterocycles. The number of aliphatic carboxylic acids is 1. The number of carboxylic acid groups (broad SMARTS) is 2. The van der Waals surface area contributed by atoms with Crippen LogP contribution in [0.25, 0.3) is 0 Å². The van der Waals surface area contributed by atoms with Gasteiger partial charge >= 0.3 is 11.9 Å². The fourth-order valence-electron chi connectivity index (χ4n) is 3.56. The molecule has 1 aromatic heterocycles. The number of imidazole rings is 1. The molecular formula is C14H18N2O4. The van der Waals surface area contributed by atoms with Gasteiger partial charge < -0.3 is 14.8 Å². The molecule has 108 valence electrons. The molecule has 3 rings (SSSR count). The quantitative estimate of drug-likeness (QED) is 0.884. The molecule has 0 spiro atoms. The van der Waals surface area contributed by atoms with E-state index in [1.807, 2.05) is 4.57 Å². The Balaban J connectivity index is 2.12. The van der Waals surface area contributed by atoms with Crippen molar-refractivity contribution in [2.75, 3.05) is 0 Å². The summed E-state index contributed by atoms with van der Waals surface area (Å²) in [5.41, 5.74) is 0.345. The van der Waals surface area contributed by atoms with Gasteiger partial charge in [-0.25, -0.2) is 9.78 Å². The molecule has 6 heteroatoms. The molecule has 20 heavy (non-hydrogen) atoms. The zero-order valence-electron chi connectivity index (χ0n) is 11.2. The van der Waals surface area contributed by atoms with E-state index in [0.717, 1.165) is 37.9 Å². The zero-order chi connectivity index (χ0) is 14.3. The van der Waals surface area contributed by atoms with Gasteiger partial charge in [0.25, 0.3) is 0 Å². The lowest BCUT2D eigenvalue weighted by atomic mass is 9.94. The highest BCUT2D eigenvalue weighted by Crippen LogP contribution is 2.38. The molecule has 1 fully saturated rings. The molecule has 1 atom stereocenters. The zero-order valence-corrected chi connectivity index (χ0v) is 11.2. The van der Waals surface area contributed by atoms with Gasteiger partial charge in [0.2, 0.25) is 0 Å². The number of rotatable bonds is 3. The van der Waals surface area contributed by atoms with E-state index in [9.17, 15) is 19.8 Å². The van der Waals surface area contributed by atoms with Gasteiger partial charge in [-0.1, -0.05) is 12.8 Å². The van der Waals surface area contributed by atoms with Crippen LogP contribution < -0.4 is 0 Å². The van der Waals surface area contributed by atoms with E-state index in [0.29, 0.717) is 18.7 Å². The molecule has 1 saturated carbocycles. The standard InChI is InChI=1S/C14H18N2O4/c17-13(18)9-6-3-7-16-11(9)10(14(19)20)15-12(16)8-4-1-2-5-8/h8-9H,1-7H2,(H,17,18)(H,19,20). The van der Waals surface area contributed by atoms with Crippen molar-refractivity contribution >= 4 is 11.9 Å². The minimum Gasteiger partial charge on any atom is -0.481 e. The largest absolute Gasteiger partial charge is 0.481 e. The molecule has 1 aliphatic heterocycles. The summed E-state index contributed by atoms with van der Waals surface area (Å²) in [4.78, 5) is 27.1. The van der Waals surface area contributed by atoms with E-state index in [4.69, 9.17) is 0 Å². The van der Waals surface area contributed by atoms with E-state index in [2.05, 4.69) is 4.98 Å². The van der Waals surface area contributed by atoms with Crippen molar-refractivity contribution in [1.82, 2.24) is 9.55 Å². The van der Waals surface area contributed by atoms with Gasteiger partial charge in [0.1, 0.15) is 5.82 Å². The number of carbonyl (C=O) groups is 2. The van der Waals surface area contributed by atoms with Crippen LogP contribution in [0.1, 0.15) is 72.4 Å². The van der Waals surface area contributed by atoms with Crippen LogP contribution in [0.4, 0.5) is 0 Å². The van der Waals surface area contributed by atoms with Crippen LogP contribution >= 0.6 is 0 Å². The highest BCUT2D eigenvalue weighted by molar-refractivity contribution is 5.90. The highest BCUT2D eigenvalue weighted by atomic mass is 16.4. The second kappa shape index (κ2) is 4.92. The monoisotopic (exact) mass is 278 g/mol. The Kier molecular flexibility index (Phi) is 3.23. The van der Waals surface area contributed by atoms with Crippen LogP contribution in [0.15, 0.2) is 0 Å². The van der Waals surface area contributed by atoms with Crippen LogP contribution in [0.5, 0.6) is 0 Å². The van der Waals surface area contributed by atoms with E-state index >= 15 is 0 Å². The van der Waals surface area contributed by atoms with Gasteiger partial charge in [0.05, 0.1) is 11.6 Å². The number of nitrogens with zero attached hydrogens (tertiary/aromatic N) is 2. The molecule has 6 nitrogen and oxygen atoms in total. The summed E-state index contributed by atoms with van der Waals surface area (Å²) in [5, 5.41) is 18.7. The number of carboxylic acids is 2. The Hall–Kier alpha value is -1.85. The average Bonchev–Trinajstić information content (AvgIpc) is 3.04. The molecule has 0 radical (unpaired) electrons. The normalized spacial score (nSPS) is 22.7. The number of aromatic carboxylic acids is 1. The van der Waals surface area contributed by atoms with Gasteiger partial charge in [-0.3, -0.25) is 4.79 Å². The van der Waals surface area contributed by atoms with Gasteiger partial charge in [-0.05, 0) is 25.7 Å². The predicted octanol–water partition coefficient (Wildman–Crippen LogP) is 2.20. The molecule has 0 amide bonds. The fourth-order valence-corrected chi connectivity index (χ4v) is 3.56. The molecule has 1 unspecified atom stereocenters. The Bertz CT molecular complexity index is 558. The average molecular weight is 278 g/mol. The maximum absolute atomic E-state index is 11.4. The molecule has 2 N–H and O–H groups in total. The molecule has 0 aromatic carbocycles. The summed E-state index contributed by atoms with van der Waals surface area (Å²) >= 11 is 0. The van der Waals surface area contributed by atoms with E-state index in [-0.39, 0.29) is 11.6 Å². The molecule has 1 aliphatic carbocycles. The van der Waals surface area contributed by atoms with E-state index < -0.39 is 17.9 Å². The van der Waals surface area contributed by atoms with Crippen molar-refractivity contribution in [1.29, 1.82) is 0 Å². The van der Waals surface area contributed by atoms with Crippen molar-refractivity contribution in [3.8, 4) is 0 Å². The van der Waals surface area contributed by atoms with Crippen molar-refractivity contribution in [3.63, 3.8) is 0 Å². The third kappa shape index (κ3) is 1.99. The minimum atomic E-state index is -1.12. The lowest BCUT2D eigenvalue weighted by Gasteiger charge is -2.24. The third-order valence-corrected chi connectivity index (χ3v) is 4.46. The smallest absolute Gasteiger partial charge is 0.356 e. The highest BCUT2D eigenvalue weighted by Gasteiger charge is 2.36. The first-order valence-electron chi connectivity index (χ1n) is 7.16. The minimum absolute atomic E-state index is 0.0565. The second-order valence-corrected chi connectivity index (χ2v) is 5.68. The Morgan fingerprint density at radius 2 is 1.80 bits per heavy atom. The first kappa shape index (κ1) is 13.1. The van der Waals surface area contributed by atoms with Gasteiger partial charge in [-0.2, -0.15) is 0 Å². The summed E-state index contributed by atoms with van der Waals surface area (Å²) in [5.74, 6) is -1.73. The van der Waals surface area contributed by atoms with Gasteiger partial charge in [0.15, 0.2) is 5.69 Å². The first-order valence-corrected chi connectivity index (χ1v) is 7.16. The van der Waals surface area contributed by atoms with Crippen LogP contribution in [-0.4, -0.2) is 31.7 Å². The SMILES string of the molecule is O=C(O)c1nc(C2CCCC2)n2c1C(C(=O)O)CCC2. The Labute approximate surface area is 116 Å². The van der Waals surface area contributed by atoms with Crippen LogP contribution in [-0.2, 0) is 11.3 Å². The Morgan fingerprint density at radius 1 is 1.10 bits per heavy atom. The predicted molar refractivity (Wildman–Crippen MR) is 70.0 cm³/mol. The molecule has 0 saturated heterocycles. The maximum atomic E-state index is 11.4. The third-order valence-electron chi connectivity index (χ3n) is 4.46. The molecule has 2 aliphatic rings. The van der Waals surface area contributed by atoms with Gasteiger partial charge in [0, 0.05) is 12.5 Å². The second-order valence-electron chi connectivity index (χ2n) is 5.68. The summed E-state index contributed by atoms with van der Waals surface area (Å²) < 4.78 is 1.88. The summed E-state index contributed by atoms with van der Waals surface area (Å²) in [7, 11) is 0. The first-order chi connectivity index (χ1) is 9.59.